The first-order valence-corrected chi connectivity index (χ1v) is 6.53. The Hall–Kier alpha value is -2.29. The fourth-order valence-electron chi connectivity index (χ4n) is 2.30. The van der Waals surface area contributed by atoms with Crippen LogP contribution in [0.5, 0.6) is 0 Å². The van der Waals surface area contributed by atoms with Crippen molar-refractivity contribution in [3.05, 3.63) is 29.3 Å². The minimum Gasteiger partial charge on any atom is -0.302 e. The summed E-state index contributed by atoms with van der Waals surface area (Å²) in [4.78, 5) is 24.7. The highest BCUT2D eigenvalue weighted by atomic mass is 19.1. The standard InChI is InChI=1S/C15H14F2N2O2/c1-15(2,8-18)4-3-5-19-12-10(13(20)14(19)21)6-9(16)7-11(12)17/h6-7H,3-5H2,1-2H3. The molecule has 0 saturated heterocycles. The molecule has 2 rings (SSSR count). The Balaban J connectivity index is 2.22. The summed E-state index contributed by atoms with van der Waals surface area (Å²) in [6.45, 7) is 3.63. The highest BCUT2D eigenvalue weighted by molar-refractivity contribution is 6.52. The van der Waals surface area contributed by atoms with E-state index >= 15 is 0 Å². The summed E-state index contributed by atoms with van der Waals surface area (Å²) < 4.78 is 27.0. The van der Waals surface area contributed by atoms with E-state index in [9.17, 15) is 18.4 Å². The number of Topliss-reactive ketones (excluding diaryl/α,β-unsaturated/α-hetero) is 1. The van der Waals surface area contributed by atoms with Gasteiger partial charge in [0.1, 0.15) is 5.82 Å². The Kier molecular flexibility index (Phi) is 3.77. The normalized spacial score (nSPS) is 14.3. The zero-order valence-electron chi connectivity index (χ0n) is 11.7. The number of amides is 1. The van der Waals surface area contributed by atoms with Crippen molar-refractivity contribution < 1.29 is 18.4 Å². The van der Waals surface area contributed by atoms with Crippen molar-refractivity contribution in [2.24, 2.45) is 5.41 Å². The van der Waals surface area contributed by atoms with E-state index in [0.29, 0.717) is 18.9 Å². The lowest BCUT2D eigenvalue weighted by atomic mass is 9.90. The second-order valence-electron chi connectivity index (χ2n) is 5.67. The highest BCUT2D eigenvalue weighted by Crippen LogP contribution is 2.33. The second kappa shape index (κ2) is 5.24. The van der Waals surface area contributed by atoms with Gasteiger partial charge in [-0.05, 0) is 32.8 Å². The summed E-state index contributed by atoms with van der Waals surface area (Å²) in [7, 11) is 0. The van der Waals surface area contributed by atoms with E-state index in [1.807, 2.05) is 0 Å². The van der Waals surface area contributed by atoms with Crippen LogP contribution in [0.15, 0.2) is 12.1 Å². The van der Waals surface area contributed by atoms with E-state index in [-0.39, 0.29) is 17.8 Å². The number of fused-ring (bicyclic) bond motifs is 1. The van der Waals surface area contributed by atoms with Gasteiger partial charge in [-0.2, -0.15) is 5.26 Å². The molecule has 0 saturated carbocycles. The number of hydrogen-bond donors (Lipinski definition) is 0. The largest absolute Gasteiger partial charge is 0.302 e. The average Bonchev–Trinajstić information content (AvgIpc) is 2.64. The van der Waals surface area contributed by atoms with Crippen LogP contribution in [-0.2, 0) is 4.79 Å². The van der Waals surface area contributed by atoms with Crippen LogP contribution >= 0.6 is 0 Å². The number of ketones is 1. The topological polar surface area (TPSA) is 61.2 Å². The first-order valence-electron chi connectivity index (χ1n) is 6.53. The summed E-state index contributed by atoms with van der Waals surface area (Å²) in [6.07, 6.45) is 0.940. The fraction of sp³-hybridized carbons (Fsp3) is 0.400. The Labute approximate surface area is 121 Å². The third-order valence-corrected chi connectivity index (χ3v) is 3.47. The van der Waals surface area contributed by atoms with Crippen LogP contribution in [0.4, 0.5) is 14.5 Å². The van der Waals surface area contributed by atoms with E-state index in [2.05, 4.69) is 6.07 Å². The Morgan fingerprint density at radius 2 is 1.95 bits per heavy atom. The number of halogens is 2. The SMILES string of the molecule is CC(C)(C#N)CCCN1C(=O)C(=O)c2cc(F)cc(F)c21. The minimum atomic E-state index is -0.927. The zero-order chi connectivity index (χ0) is 15.8. The van der Waals surface area contributed by atoms with Gasteiger partial charge in [0.25, 0.3) is 11.7 Å². The molecule has 1 aliphatic heterocycles. The van der Waals surface area contributed by atoms with Crippen LogP contribution in [0.25, 0.3) is 0 Å². The molecule has 110 valence electrons. The average molecular weight is 292 g/mol. The second-order valence-corrected chi connectivity index (χ2v) is 5.67. The number of rotatable bonds is 4. The molecule has 1 aromatic rings. The molecule has 0 aromatic heterocycles. The van der Waals surface area contributed by atoms with E-state index in [1.54, 1.807) is 13.8 Å². The maximum Gasteiger partial charge on any atom is 0.299 e. The molecule has 0 N–H and O–H groups in total. The Morgan fingerprint density at radius 1 is 1.29 bits per heavy atom. The first-order chi connectivity index (χ1) is 9.76. The van der Waals surface area contributed by atoms with Gasteiger partial charge in [0, 0.05) is 12.6 Å². The van der Waals surface area contributed by atoms with E-state index in [4.69, 9.17) is 5.26 Å². The number of carbonyl (C=O) groups is 2. The molecular formula is C15H14F2N2O2. The number of benzene rings is 1. The van der Waals surface area contributed by atoms with Gasteiger partial charge in [0.2, 0.25) is 0 Å². The summed E-state index contributed by atoms with van der Waals surface area (Å²) in [5.74, 6) is -3.57. The third kappa shape index (κ3) is 2.77. The smallest absolute Gasteiger partial charge is 0.299 e. The summed E-state index contributed by atoms with van der Waals surface area (Å²) in [6, 6.07) is 3.65. The lowest BCUT2D eigenvalue weighted by molar-refractivity contribution is -0.114. The molecule has 0 atom stereocenters. The molecular weight excluding hydrogens is 278 g/mol. The number of nitriles is 1. The molecule has 4 nitrogen and oxygen atoms in total. The monoisotopic (exact) mass is 292 g/mol. The summed E-state index contributed by atoms with van der Waals surface area (Å²) in [5.41, 5.74) is -0.963. The molecule has 1 heterocycles. The zero-order valence-corrected chi connectivity index (χ0v) is 11.7. The lowest BCUT2D eigenvalue weighted by Gasteiger charge is -2.20. The molecule has 0 spiro atoms. The quantitative estimate of drug-likeness (QED) is 0.802. The Bertz CT molecular complexity index is 662. The molecule has 0 unspecified atom stereocenters. The van der Waals surface area contributed by atoms with Crippen LogP contribution in [-0.4, -0.2) is 18.2 Å². The predicted molar refractivity (Wildman–Crippen MR) is 71.7 cm³/mol. The van der Waals surface area contributed by atoms with Crippen LogP contribution in [0.1, 0.15) is 37.0 Å². The van der Waals surface area contributed by atoms with Gasteiger partial charge in [0.15, 0.2) is 5.82 Å². The molecule has 1 aliphatic rings. The lowest BCUT2D eigenvalue weighted by Crippen LogP contribution is -2.31. The molecule has 0 radical (unpaired) electrons. The summed E-state index contributed by atoms with van der Waals surface area (Å²) in [5, 5.41) is 8.93. The maximum atomic E-state index is 13.8. The van der Waals surface area contributed by atoms with Gasteiger partial charge in [-0.1, -0.05) is 0 Å². The van der Waals surface area contributed by atoms with Crippen molar-refractivity contribution >= 4 is 17.4 Å². The molecule has 6 heteroatoms. The van der Waals surface area contributed by atoms with Crippen molar-refractivity contribution in [2.75, 3.05) is 11.4 Å². The third-order valence-electron chi connectivity index (χ3n) is 3.47. The first kappa shape index (κ1) is 15.1. The van der Waals surface area contributed by atoms with E-state index in [1.165, 1.54) is 0 Å². The molecule has 1 aromatic carbocycles. The van der Waals surface area contributed by atoms with Crippen LogP contribution in [0, 0.1) is 28.4 Å². The maximum absolute atomic E-state index is 13.8. The molecule has 0 bridgehead atoms. The van der Waals surface area contributed by atoms with E-state index < -0.39 is 28.7 Å². The minimum absolute atomic E-state index is 0.116. The van der Waals surface area contributed by atoms with Crippen molar-refractivity contribution in [3.63, 3.8) is 0 Å². The van der Waals surface area contributed by atoms with Crippen LogP contribution in [0.3, 0.4) is 0 Å². The van der Waals surface area contributed by atoms with Gasteiger partial charge in [-0.15, -0.1) is 0 Å². The van der Waals surface area contributed by atoms with E-state index in [0.717, 1.165) is 11.0 Å². The van der Waals surface area contributed by atoms with Crippen molar-refractivity contribution in [3.8, 4) is 6.07 Å². The highest BCUT2D eigenvalue weighted by Gasteiger charge is 2.38. The van der Waals surface area contributed by atoms with Crippen molar-refractivity contribution in [1.29, 1.82) is 5.26 Å². The fourth-order valence-corrected chi connectivity index (χ4v) is 2.30. The molecule has 0 fully saturated rings. The van der Waals surface area contributed by atoms with Crippen LogP contribution in [0.2, 0.25) is 0 Å². The van der Waals surface area contributed by atoms with Crippen molar-refractivity contribution in [1.82, 2.24) is 0 Å². The summed E-state index contributed by atoms with van der Waals surface area (Å²) >= 11 is 0. The predicted octanol–water partition coefficient (Wildman–Crippen LogP) is 2.82. The van der Waals surface area contributed by atoms with Gasteiger partial charge in [-0.3, -0.25) is 9.59 Å². The molecule has 21 heavy (non-hydrogen) atoms. The van der Waals surface area contributed by atoms with Gasteiger partial charge in [-0.25, -0.2) is 8.78 Å². The number of anilines is 1. The molecule has 0 aliphatic carbocycles. The van der Waals surface area contributed by atoms with Crippen LogP contribution < -0.4 is 4.90 Å². The van der Waals surface area contributed by atoms with Gasteiger partial charge < -0.3 is 4.90 Å². The van der Waals surface area contributed by atoms with Crippen molar-refractivity contribution in [2.45, 2.75) is 26.7 Å². The number of carbonyl (C=O) groups excluding carboxylic acids is 2. The number of hydrogen-bond acceptors (Lipinski definition) is 3. The number of nitrogens with zero attached hydrogens (tertiary/aromatic N) is 2. The molecule has 1 amide bonds. The van der Waals surface area contributed by atoms with Gasteiger partial charge in [0.05, 0.1) is 22.7 Å². The Morgan fingerprint density at radius 3 is 2.57 bits per heavy atom. The van der Waals surface area contributed by atoms with Gasteiger partial charge >= 0.3 is 0 Å².